The number of aliphatic hydroxyl groups excluding tert-OH is 1. The second kappa shape index (κ2) is 13.7. The van der Waals surface area contributed by atoms with Crippen molar-refractivity contribution in [2.45, 2.75) is 130 Å². The maximum absolute atomic E-state index is 12.8. The van der Waals surface area contributed by atoms with Gasteiger partial charge in [-0.15, -0.1) is 0 Å². The molecule has 5 rings (SSSR count). The van der Waals surface area contributed by atoms with Crippen LogP contribution in [0.1, 0.15) is 128 Å². The Morgan fingerprint density at radius 2 is 1.67 bits per heavy atom. The minimum Gasteiger partial charge on any atom is -0.507 e. The average Bonchev–Trinajstić information content (AvgIpc) is 3.35. The zero-order valence-corrected chi connectivity index (χ0v) is 28.2. The van der Waals surface area contributed by atoms with Crippen LogP contribution in [0.25, 0.3) is 0 Å². The molecule has 4 fully saturated rings. The van der Waals surface area contributed by atoms with E-state index in [1.54, 1.807) is 0 Å². The van der Waals surface area contributed by atoms with Crippen LogP contribution in [0.4, 0.5) is 5.69 Å². The van der Waals surface area contributed by atoms with Crippen LogP contribution in [0.3, 0.4) is 0 Å². The summed E-state index contributed by atoms with van der Waals surface area (Å²) in [4.78, 5) is 36.8. The summed E-state index contributed by atoms with van der Waals surface area (Å²) in [5.74, 6) is 0.665. The Morgan fingerprint density at radius 3 is 2.39 bits per heavy atom. The molecule has 256 valence electrons. The van der Waals surface area contributed by atoms with Crippen molar-refractivity contribution in [3.8, 4) is 11.5 Å². The van der Waals surface area contributed by atoms with Gasteiger partial charge in [-0.3, -0.25) is 14.4 Å². The number of ether oxygens (including phenoxy) is 1. The van der Waals surface area contributed by atoms with Gasteiger partial charge in [-0.2, -0.15) is 0 Å². The fourth-order valence-corrected chi connectivity index (χ4v) is 10.5. The van der Waals surface area contributed by atoms with Crippen molar-refractivity contribution in [1.82, 2.24) is 0 Å². The topological polar surface area (TPSA) is 159 Å². The van der Waals surface area contributed by atoms with Gasteiger partial charge in [0, 0.05) is 6.42 Å². The third-order valence-corrected chi connectivity index (χ3v) is 13.0. The lowest BCUT2D eigenvalue weighted by Crippen LogP contribution is -2.54. The van der Waals surface area contributed by atoms with E-state index in [0.29, 0.717) is 29.6 Å². The first-order chi connectivity index (χ1) is 21.7. The van der Waals surface area contributed by atoms with Crippen molar-refractivity contribution in [3.05, 3.63) is 17.7 Å². The highest BCUT2D eigenvalue weighted by molar-refractivity contribution is 6.02. The lowest BCUT2D eigenvalue weighted by molar-refractivity contribution is -0.163. The molecule has 4 aliphatic rings. The molecule has 1 aromatic rings. The molecule has 4 saturated carbocycles. The molecule has 9 unspecified atom stereocenters. The SMILES string of the molecule is CC(C)CCCC(O)C1CCC2C3CCC4CC(OC(=O)CCC(=O)Nc5ccc(O)c(C(N)=O)c5O)CCC4(C)C3CCC12C. The third kappa shape index (κ3) is 6.76. The summed E-state index contributed by atoms with van der Waals surface area (Å²) in [7, 11) is 0. The molecule has 1 aromatic carbocycles. The largest absolute Gasteiger partial charge is 0.507 e. The first-order valence-electron chi connectivity index (χ1n) is 17.8. The molecule has 0 radical (unpaired) electrons. The molecule has 4 aliphatic carbocycles. The molecular weight excluding hydrogens is 584 g/mol. The van der Waals surface area contributed by atoms with E-state index in [1.807, 2.05) is 0 Å². The van der Waals surface area contributed by atoms with E-state index in [0.717, 1.165) is 56.9 Å². The number of hydrogen-bond acceptors (Lipinski definition) is 7. The standard InChI is InChI=1S/C37H56N2O7/c1-21(2)6-5-7-29(40)27-11-10-25-24-9-8-22-20-23(16-18-36(22,3)26(24)17-19-37(25,27)4)46-32(43)15-14-31(42)39-28-12-13-30(41)33(34(28)44)35(38)45/h12-13,21-27,29,40-41,44H,5-11,14-20H2,1-4H3,(H2,38,45)(H,39,42). The van der Waals surface area contributed by atoms with Crippen molar-refractivity contribution in [1.29, 1.82) is 0 Å². The van der Waals surface area contributed by atoms with Gasteiger partial charge in [0.2, 0.25) is 5.91 Å². The Hall–Kier alpha value is -2.81. The number of carbonyl (C=O) groups excluding carboxylic acids is 3. The number of carbonyl (C=O) groups is 3. The molecule has 2 amide bonds. The predicted octanol–water partition coefficient (Wildman–Crippen LogP) is 6.67. The lowest BCUT2D eigenvalue weighted by Gasteiger charge is -2.61. The van der Waals surface area contributed by atoms with Crippen molar-refractivity contribution in [2.75, 3.05) is 5.32 Å². The van der Waals surface area contributed by atoms with Gasteiger partial charge in [0.05, 0.1) is 18.2 Å². The summed E-state index contributed by atoms with van der Waals surface area (Å²) in [5.41, 5.74) is 5.15. The van der Waals surface area contributed by atoms with Gasteiger partial charge in [0.15, 0.2) is 5.75 Å². The van der Waals surface area contributed by atoms with Crippen LogP contribution in [0.5, 0.6) is 11.5 Å². The first kappa shape index (κ1) is 34.5. The van der Waals surface area contributed by atoms with Gasteiger partial charge in [-0.1, -0.05) is 40.5 Å². The van der Waals surface area contributed by atoms with Gasteiger partial charge < -0.3 is 31.1 Å². The van der Waals surface area contributed by atoms with Crippen LogP contribution in [-0.4, -0.2) is 45.3 Å². The normalized spacial score (nSPS) is 34.2. The second-order valence-electron chi connectivity index (χ2n) is 15.9. The quantitative estimate of drug-likeness (QED) is 0.103. The summed E-state index contributed by atoms with van der Waals surface area (Å²) in [6.45, 7) is 9.51. The summed E-state index contributed by atoms with van der Waals surface area (Å²) in [6.07, 6.45) is 12.7. The smallest absolute Gasteiger partial charge is 0.306 e. The van der Waals surface area contributed by atoms with Gasteiger partial charge in [0.25, 0.3) is 5.91 Å². The number of nitrogens with two attached hydrogens (primary N) is 1. The van der Waals surface area contributed by atoms with Crippen LogP contribution in [-0.2, 0) is 14.3 Å². The molecule has 9 nitrogen and oxygen atoms in total. The van der Waals surface area contributed by atoms with Crippen LogP contribution in [0.2, 0.25) is 0 Å². The monoisotopic (exact) mass is 640 g/mol. The number of benzene rings is 1. The number of aliphatic hydroxyl groups is 1. The number of amides is 2. The Balaban J connectivity index is 1.11. The summed E-state index contributed by atoms with van der Waals surface area (Å²) in [5, 5.41) is 33.8. The summed E-state index contributed by atoms with van der Waals surface area (Å²) >= 11 is 0. The molecule has 6 N–H and O–H groups in total. The average molecular weight is 641 g/mol. The summed E-state index contributed by atoms with van der Waals surface area (Å²) in [6, 6.07) is 2.42. The fraction of sp³-hybridized carbons (Fsp3) is 0.757. The number of anilines is 1. The third-order valence-electron chi connectivity index (χ3n) is 13.0. The number of phenols is 2. The van der Waals surface area contributed by atoms with Gasteiger partial charge in [-0.25, -0.2) is 0 Å². The molecule has 0 saturated heterocycles. The summed E-state index contributed by atoms with van der Waals surface area (Å²) < 4.78 is 5.89. The Bertz CT molecular complexity index is 1300. The first-order valence-corrected chi connectivity index (χ1v) is 17.8. The molecule has 0 spiro atoms. The van der Waals surface area contributed by atoms with E-state index in [1.165, 1.54) is 38.2 Å². The molecule has 46 heavy (non-hydrogen) atoms. The van der Waals surface area contributed by atoms with Crippen molar-refractivity contribution < 1.29 is 34.4 Å². The number of hydrogen-bond donors (Lipinski definition) is 5. The predicted molar refractivity (Wildman–Crippen MR) is 176 cm³/mol. The van der Waals surface area contributed by atoms with E-state index in [4.69, 9.17) is 10.5 Å². The Labute approximate surface area is 274 Å². The van der Waals surface area contributed by atoms with E-state index in [2.05, 4.69) is 33.0 Å². The van der Waals surface area contributed by atoms with Gasteiger partial charge in [0.1, 0.15) is 17.4 Å². The zero-order valence-electron chi connectivity index (χ0n) is 28.2. The molecule has 9 atom stereocenters. The molecule has 0 bridgehead atoms. The molecular formula is C37H56N2O7. The van der Waals surface area contributed by atoms with Crippen molar-refractivity contribution >= 4 is 23.5 Å². The van der Waals surface area contributed by atoms with E-state index in [9.17, 15) is 29.7 Å². The lowest BCUT2D eigenvalue weighted by atomic mass is 9.44. The van der Waals surface area contributed by atoms with E-state index >= 15 is 0 Å². The Morgan fingerprint density at radius 1 is 0.957 bits per heavy atom. The maximum atomic E-state index is 12.8. The number of aromatic hydroxyl groups is 2. The number of rotatable bonds is 11. The van der Waals surface area contributed by atoms with Crippen molar-refractivity contribution in [3.63, 3.8) is 0 Å². The van der Waals surface area contributed by atoms with E-state index in [-0.39, 0.29) is 41.6 Å². The minimum atomic E-state index is -1.02. The fourth-order valence-electron chi connectivity index (χ4n) is 10.5. The molecule has 9 heteroatoms. The highest BCUT2D eigenvalue weighted by Gasteiger charge is 2.61. The maximum Gasteiger partial charge on any atom is 0.306 e. The number of fused-ring (bicyclic) bond motifs is 5. The number of nitrogens with one attached hydrogen (secondary N) is 1. The van der Waals surface area contributed by atoms with Crippen LogP contribution < -0.4 is 11.1 Å². The Kier molecular flexibility index (Phi) is 10.3. The second-order valence-corrected chi connectivity index (χ2v) is 15.9. The van der Waals surface area contributed by atoms with Crippen molar-refractivity contribution in [2.24, 2.45) is 52.1 Å². The van der Waals surface area contributed by atoms with E-state index < -0.39 is 34.8 Å². The highest BCUT2D eigenvalue weighted by atomic mass is 16.5. The molecule has 0 aromatic heterocycles. The number of esters is 1. The zero-order chi connectivity index (χ0) is 33.4. The van der Waals surface area contributed by atoms with Gasteiger partial charge in [-0.05, 0) is 123 Å². The van der Waals surface area contributed by atoms with Crippen LogP contribution >= 0.6 is 0 Å². The van der Waals surface area contributed by atoms with Crippen LogP contribution in [0, 0.1) is 46.3 Å². The van der Waals surface area contributed by atoms with Crippen LogP contribution in [0.15, 0.2) is 12.1 Å². The molecule has 0 aliphatic heterocycles. The minimum absolute atomic E-state index is 0.0684. The van der Waals surface area contributed by atoms with Gasteiger partial charge >= 0.3 is 5.97 Å². The number of primary amides is 1. The highest BCUT2D eigenvalue weighted by Crippen LogP contribution is 2.68. The molecule has 0 heterocycles.